The van der Waals surface area contributed by atoms with E-state index in [9.17, 15) is 4.79 Å². The highest BCUT2D eigenvalue weighted by Gasteiger charge is 2.32. The first-order valence-electron chi connectivity index (χ1n) is 8.00. The van der Waals surface area contributed by atoms with Crippen LogP contribution in [0.5, 0.6) is 0 Å². The van der Waals surface area contributed by atoms with E-state index in [1.54, 1.807) is 6.20 Å². The number of carbonyl (C=O) groups excluding carboxylic acids is 1. The molecule has 120 valence electrons. The number of nitrogens with two attached hydrogens (primary N) is 1. The Bertz CT molecular complexity index is 812. The number of nitrogen functional groups attached to an aromatic ring is 1. The Kier molecular flexibility index (Phi) is 4.20. The smallest absolute Gasteiger partial charge is 0.258 e. The minimum Gasteiger partial charge on any atom is -0.397 e. The van der Waals surface area contributed by atoms with Crippen LogP contribution in [0.1, 0.15) is 49.2 Å². The maximum Gasteiger partial charge on any atom is 0.258 e. The first kappa shape index (κ1) is 15.3. The van der Waals surface area contributed by atoms with Gasteiger partial charge in [-0.3, -0.25) is 4.79 Å². The van der Waals surface area contributed by atoms with Crippen molar-refractivity contribution < 1.29 is 4.79 Å². The van der Waals surface area contributed by atoms with Crippen LogP contribution in [0.2, 0.25) is 0 Å². The summed E-state index contributed by atoms with van der Waals surface area (Å²) in [5.41, 5.74) is 8.81. The molecule has 2 aromatic rings. The minimum absolute atomic E-state index is 0.00931. The number of nitrogens with zero attached hydrogens (tertiary/aromatic N) is 4. The van der Waals surface area contributed by atoms with Crippen molar-refractivity contribution in [1.82, 2.24) is 19.7 Å². The van der Waals surface area contributed by atoms with Crippen molar-refractivity contribution in [2.24, 2.45) is 0 Å². The Balaban J connectivity index is 1.97. The Hall–Kier alpha value is -2.55. The van der Waals surface area contributed by atoms with Crippen molar-refractivity contribution in [3.8, 4) is 11.8 Å². The van der Waals surface area contributed by atoms with Crippen LogP contribution >= 0.6 is 0 Å². The summed E-state index contributed by atoms with van der Waals surface area (Å²) < 4.78 is 1.81. The first-order valence-corrected chi connectivity index (χ1v) is 8.00. The van der Waals surface area contributed by atoms with Gasteiger partial charge in [-0.2, -0.15) is 5.10 Å². The van der Waals surface area contributed by atoms with Crippen molar-refractivity contribution in [2.45, 2.75) is 46.2 Å². The van der Waals surface area contributed by atoms with Crippen LogP contribution in [-0.4, -0.2) is 32.1 Å². The zero-order valence-corrected chi connectivity index (χ0v) is 13.6. The van der Waals surface area contributed by atoms with Gasteiger partial charge in [-0.1, -0.05) is 13.3 Å². The lowest BCUT2D eigenvalue weighted by Crippen LogP contribution is -2.25. The standard InChI is InChI=1S/C17H21N5O/c1-3-5-7-9-22-16-12(10-19-22)15(18)14-13(20-16)11-21(17(14)23)8-6-4-2/h10H,4,6-9,11H2,1-2H3,(H2,18,20). The van der Waals surface area contributed by atoms with Gasteiger partial charge in [0.05, 0.1) is 41.6 Å². The van der Waals surface area contributed by atoms with Gasteiger partial charge in [-0.15, -0.1) is 11.8 Å². The van der Waals surface area contributed by atoms with E-state index in [-0.39, 0.29) is 5.91 Å². The fraction of sp³-hybridized carbons (Fsp3) is 0.471. The number of aryl methyl sites for hydroxylation is 1. The summed E-state index contributed by atoms with van der Waals surface area (Å²) in [6.45, 7) is 5.89. The van der Waals surface area contributed by atoms with Crippen LogP contribution in [0.25, 0.3) is 11.0 Å². The molecule has 0 fully saturated rings. The van der Waals surface area contributed by atoms with E-state index in [0.29, 0.717) is 30.8 Å². The predicted octanol–water partition coefficient (Wildman–Crippen LogP) is 2.18. The number of rotatable bonds is 5. The average Bonchev–Trinajstić information content (AvgIpc) is 3.08. The van der Waals surface area contributed by atoms with Crippen molar-refractivity contribution in [1.29, 1.82) is 0 Å². The molecule has 0 aliphatic carbocycles. The van der Waals surface area contributed by atoms with Gasteiger partial charge in [-0.25, -0.2) is 9.67 Å². The van der Waals surface area contributed by atoms with E-state index in [4.69, 9.17) is 5.73 Å². The lowest BCUT2D eigenvalue weighted by Gasteiger charge is -2.14. The minimum atomic E-state index is -0.00931. The van der Waals surface area contributed by atoms with Gasteiger partial charge in [0, 0.05) is 13.0 Å². The second-order valence-corrected chi connectivity index (χ2v) is 5.71. The molecule has 0 unspecified atom stereocenters. The summed E-state index contributed by atoms with van der Waals surface area (Å²) in [7, 11) is 0. The van der Waals surface area contributed by atoms with Gasteiger partial charge >= 0.3 is 0 Å². The maximum absolute atomic E-state index is 12.5. The van der Waals surface area contributed by atoms with Crippen LogP contribution in [0.3, 0.4) is 0 Å². The molecule has 0 spiro atoms. The highest BCUT2D eigenvalue weighted by Crippen LogP contribution is 2.32. The zero-order valence-electron chi connectivity index (χ0n) is 13.6. The third-order valence-electron chi connectivity index (χ3n) is 4.15. The Morgan fingerprint density at radius 3 is 2.96 bits per heavy atom. The molecular weight excluding hydrogens is 290 g/mol. The lowest BCUT2D eigenvalue weighted by atomic mass is 10.1. The molecule has 1 aliphatic rings. The largest absolute Gasteiger partial charge is 0.397 e. The quantitative estimate of drug-likeness (QED) is 0.859. The molecule has 0 radical (unpaired) electrons. The van der Waals surface area contributed by atoms with E-state index in [1.165, 1.54) is 0 Å². The third-order valence-corrected chi connectivity index (χ3v) is 4.15. The normalized spacial score (nSPS) is 13.3. The topological polar surface area (TPSA) is 77.0 Å². The van der Waals surface area contributed by atoms with E-state index < -0.39 is 0 Å². The number of pyridine rings is 1. The van der Waals surface area contributed by atoms with E-state index in [2.05, 4.69) is 28.8 Å². The van der Waals surface area contributed by atoms with Gasteiger partial charge in [0.15, 0.2) is 5.65 Å². The summed E-state index contributed by atoms with van der Waals surface area (Å²) in [5.74, 6) is 5.89. The summed E-state index contributed by atoms with van der Waals surface area (Å²) in [4.78, 5) is 19.0. The molecule has 1 aliphatic heterocycles. The fourth-order valence-electron chi connectivity index (χ4n) is 2.90. The van der Waals surface area contributed by atoms with Gasteiger partial charge in [0.2, 0.25) is 0 Å². The van der Waals surface area contributed by atoms with Crippen molar-refractivity contribution >= 4 is 22.6 Å². The molecular formula is C17H21N5O. The van der Waals surface area contributed by atoms with Crippen molar-refractivity contribution in [3.63, 3.8) is 0 Å². The molecule has 1 amide bonds. The van der Waals surface area contributed by atoms with Crippen LogP contribution in [0.4, 0.5) is 5.69 Å². The fourth-order valence-corrected chi connectivity index (χ4v) is 2.90. The molecule has 3 rings (SSSR count). The molecule has 6 heteroatoms. The number of fused-ring (bicyclic) bond motifs is 2. The SMILES string of the molecule is CC#CCCn1ncc2c(N)c3c(nc21)CN(CCCC)C3=O. The molecule has 23 heavy (non-hydrogen) atoms. The molecule has 3 heterocycles. The number of aromatic nitrogens is 3. The Morgan fingerprint density at radius 2 is 2.22 bits per heavy atom. The number of carbonyl (C=O) groups is 1. The average molecular weight is 311 g/mol. The number of amides is 1. The Labute approximate surface area is 135 Å². The van der Waals surface area contributed by atoms with Crippen molar-refractivity contribution in [3.05, 3.63) is 17.5 Å². The molecule has 0 saturated heterocycles. The summed E-state index contributed by atoms with van der Waals surface area (Å²) >= 11 is 0. The van der Waals surface area contributed by atoms with Crippen molar-refractivity contribution in [2.75, 3.05) is 12.3 Å². The number of hydrogen-bond acceptors (Lipinski definition) is 4. The summed E-state index contributed by atoms with van der Waals surface area (Å²) in [6.07, 6.45) is 4.45. The molecule has 0 aromatic carbocycles. The monoisotopic (exact) mass is 311 g/mol. The maximum atomic E-state index is 12.5. The predicted molar refractivity (Wildman–Crippen MR) is 89.7 cm³/mol. The lowest BCUT2D eigenvalue weighted by molar-refractivity contribution is 0.0777. The third kappa shape index (κ3) is 2.63. The van der Waals surface area contributed by atoms with E-state index in [1.807, 2.05) is 16.5 Å². The first-order chi connectivity index (χ1) is 11.2. The van der Waals surface area contributed by atoms with E-state index >= 15 is 0 Å². The van der Waals surface area contributed by atoms with Crippen LogP contribution in [-0.2, 0) is 13.1 Å². The second kappa shape index (κ2) is 6.29. The number of anilines is 1. The molecule has 6 nitrogen and oxygen atoms in total. The molecule has 2 N–H and O–H groups in total. The van der Waals surface area contributed by atoms with Gasteiger partial charge in [0.25, 0.3) is 5.91 Å². The van der Waals surface area contributed by atoms with Crippen LogP contribution in [0, 0.1) is 11.8 Å². The summed E-state index contributed by atoms with van der Waals surface area (Å²) in [5, 5.41) is 5.09. The number of unbranched alkanes of at least 4 members (excludes halogenated alkanes) is 1. The van der Waals surface area contributed by atoms with Crippen LogP contribution < -0.4 is 5.73 Å². The molecule has 0 saturated carbocycles. The van der Waals surface area contributed by atoms with Gasteiger partial charge < -0.3 is 10.6 Å². The molecule has 2 aromatic heterocycles. The summed E-state index contributed by atoms with van der Waals surface area (Å²) in [6, 6.07) is 0. The van der Waals surface area contributed by atoms with Gasteiger partial charge in [-0.05, 0) is 13.3 Å². The van der Waals surface area contributed by atoms with Gasteiger partial charge in [0.1, 0.15) is 0 Å². The Morgan fingerprint density at radius 1 is 1.39 bits per heavy atom. The molecule has 0 atom stereocenters. The zero-order chi connectivity index (χ0) is 16.4. The highest BCUT2D eigenvalue weighted by atomic mass is 16.2. The second-order valence-electron chi connectivity index (χ2n) is 5.71. The van der Waals surface area contributed by atoms with Crippen LogP contribution in [0.15, 0.2) is 6.20 Å². The molecule has 0 bridgehead atoms. The highest BCUT2D eigenvalue weighted by molar-refractivity contribution is 6.08. The number of hydrogen-bond donors (Lipinski definition) is 1. The van der Waals surface area contributed by atoms with E-state index in [0.717, 1.165) is 36.1 Å².